The van der Waals surface area contributed by atoms with E-state index in [0.29, 0.717) is 23.2 Å². The Morgan fingerprint density at radius 3 is 2.26 bits per heavy atom. The van der Waals surface area contributed by atoms with Gasteiger partial charge in [-0.25, -0.2) is 0 Å². The van der Waals surface area contributed by atoms with E-state index in [9.17, 15) is 4.79 Å². The number of benzene rings is 1. The second kappa shape index (κ2) is 8.65. The molecule has 148 valence electrons. The van der Waals surface area contributed by atoms with Gasteiger partial charge in [0.05, 0.1) is 21.3 Å². The number of hydrogen-bond donors (Lipinski definition) is 0. The molecule has 3 rings (SSSR count). The largest absolute Gasteiger partial charge is 0.493 e. The quantitative estimate of drug-likeness (QED) is 0.687. The van der Waals surface area contributed by atoms with Crippen molar-refractivity contribution in [3.05, 3.63) is 29.3 Å². The van der Waals surface area contributed by atoms with E-state index in [0.717, 1.165) is 38.3 Å². The van der Waals surface area contributed by atoms with Crippen LogP contribution in [0, 0.1) is 5.92 Å². The van der Waals surface area contributed by atoms with E-state index >= 15 is 0 Å². The molecular weight excluding hydrogens is 344 g/mol. The average Bonchev–Trinajstić information content (AvgIpc) is 3.53. The number of carbonyl (C=O) groups is 1. The summed E-state index contributed by atoms with van der Waals surface area (Å²) in [5.41, 5.74) is 2.29. The Morgan fingerprint density at radius 2 is 1.70 bits per heavy atom. The van der Waals surface area contributed by atoms with Crippen LogP contribution in [0.15, 0.2) is 23.8 Å². The van der Waals surface area contributed by atoms with Crippen LogP contribution in [0.4, 0.5) is 0 Å². The summed E-state index contributed by atoms with van der Waals surface area (Å²) in [6.07, 6.45) is 4.30. The number of nitrogens with zero attached hydrogens (tertiary/aromatic N) is 2. The average molecular weight is 374 g/mol. The number of amides is 1. The molecule has 1 saturated carbocycles. The topological polar surface area (TPSA) is 51.2 Å². The van der Waals surface area contributed by atoms with Crippen molar-refractivity contribution < 1.29 is 19.0 Å². The summed E-state index contributed by atoms with van der Waals surface area (Å²) >= 11 is 0. The van der Waals surface area contributed by atoms with E-state index in [2.05, 4.69) is 11.8 Å². The Balaban J connectivity index is 1.60. The third-order valence-electron chi connectivity index (χ3n) is 5.44. The first kappa shape index (κ1) is 19.5. The fraction of sp³-hybridized carbons (Fsp3) is 0.571. The Bertz CT molecular complexity index is 704. The maximum absolute atomic E-state index is 12.4. The molecule has 0 N–H and O–H groups in total. The van der Waals surface area contributed by atoms with Gasteiger partial charge in [0.25, 0.3) is 0 Å². The van der Waals surface area contributed by atoms with Crippen molar-refractivity contribution in [3.63, 3.8) is 0 Å². The highest BCUT2D eigenvalue weighted by Crippen LogP contribution is 2.40. The van der Waals surface area contributed by atoms with Crippen LogP contribution in [0.3, 0.4) is 0 Å². The first-order chi connectivity index (χ1) is 13.1. The molecule has 2 fully saturated rings. The van der Waals surface area contributed by atoms with Gasteiger partial charge < -0.3 is 19.1 Å². The Labute approximate surface area is 161 Å². The van der Waals surface area contributed by atoms with Crippen molar-refractivity contribution in [1.29, 1.82) is 0 Å². The molecule has 6 heteroatoms. The Hall–Kier alpha value is -2.21. The molecule has 27 heavy (non-hydrogen) atoms. The summed E-state index contributed by atoms with van der Waals surface area (Å²) in [6, 6.07) is 3.92. The summed E-state index contributed by atoms with van der Waals surface area (Å²) in [6.45, 7) is 6.03. The third-order valence-corrected chi connectivity index (χ3v) is 5.44. The number of methoxy groups -OCH3 is 3. The highest BCUT2D eigenvalue weighted by atomic mass is 16.5. The van der Waals surface area contributed by atoms with E-state index in [4.69, 9.17) is 14.2 Å². The first-order valence-electron chi connectivity index (χ1n) is 9.54. The molecule has 1 heterocycles. The lowest BCUT2D eigenvalue weighted by molar-refractivity contribution is -0.127. The van der Waals surface area contributed by atoms with Crippen LogP contribution < -0.4 is 14.2 Å². The van der Waals surface area contributed by atoms with Crippen LogP contribution in [0.25, 0.3) is 0 Å². The summed E-state index contributed by atoms with van der Waals surface area (Å²) in [5, 5.41) is 0. The van der Waals surface area contributed by atoms with Crippen LogP contribution in [0.1, 0.15) is 25.3 Å². The Morgan fingerprint density at radius 1 is 1.04 bits per heavy atom. The van der Waals surface area contributed by atoms with Gasteiger partial charge in [0.1, 0.15) is 0 Å². The summed E-state index contributed by atoms with van der Waals surface area (Å²) in [4.78, 5) is 16.7. The van der Waals surface area contributed by atoms with E-state index in [1.807, 2.05) is 23.1 Å². The SMILES string of the molecule is COc1ccc(CN2CCN(C(=O)/C=C(\C)C3CC3)CC2)c(OC)c1OC. The fourth-order valence-electron chi connectivity index (χ4n) is 3.60. The molecule has 1 amide bonds. The van der Waals surface area contributed by atoms with Crippen molar-refractivity contribution in [3.8, 4) is 17.2 Å². The van der Waals surface area contributed by atoms with Crippen LogP contribution in [-0.2, 0) is 11.3 Å². The van der Waals surface area contributed by atoms with Gasteiger partial charge in [0.15, 0.2) is 11.5 Å². The maximum Gasteiger partial charge on any atom is 0.246 e. The summed E-state index contributed by atoms with van der Waals surface area (Å²) < 4.78 is 16.4. The normalized spacial score (nSPS) is 18.4. The second-order valence-corrected chi connectivity index (χ2v) is 7.26. The number of piperazine rings is 1. The highest BCUT2D eigenvalue weighted by molar-refractivity contribution is 5.88. The van der Waals surface area contributed by atoms with Gasteiger partial charge in [0, 0.05) is 44.4 Å². The lowest BCUT2D eigenvalue weighted by atomic mass is 10.1. The molecule has 1 saturated heterocycles. The van der Waals surface area contributed by atoms with Crippen molar-refractivity contribution in [2.24, 2.45) is 5.92 Å². The van der Waals surface area contributed by atoms with Gasteiger partial charge in [-0.05, 0) is 31.7 Å². The predicted octanol–water partition coefficient (Wildman–Crippen LogP) is 2.71. The summed E-state index contributed by atoms with van der Waals surface area (Å²) in [5.74, 6) is 2.78. The van der Waals surface area contributed by atoms with E-state index < -0.39 is 0 Å². The summed E-state index contributed by atoms with van der Waals surface area (Å²) in [7, 11) is 4.88. The molecule has 2 aliphatic rings. The highest BCUT2D eigenvalue weighted by Gasteiger charge is 2.26. The molecule has 0 atom stereocenters. The number of rotatable bonds is 7. The zero-order chi connectivity index (χ0) is 19.4. The van der Waals surface area contributed by atoms with Crippen molar-refractivity contribution in [2.75, 3.05) is 47.5 Å². The van der Waals surface area contributed by atoms with Crippen LogP contribution in [0.5, 0.6) is 17.2 Å². The number of hydrogen-bond acceptors (Lipinski definition) is 5. The number of allylic oxidation sites excluding steroid dienone is 1. The van der Waals surface area contributed by atoms with E-state index in [1.54, 1.807) is 21.3 Å². The minimum atomic E-state index is 0.155. The maximum atomic E-state index is 12.4. The molecule has 0 bridgehead atoms. The molecule has 0 aromatic heterocycles. The van der Waals surface area contributed by atoms with Gasteiger partial charge in [-0.15, -0.1) is 0 Å². The van der Waals surface area contributed by atoms with E-state index in [1.165, 1.54) is 18.4 Å². The van der Waals surface area contributed by atoms with Gasteiger partial charge >= 0.3 is 0 Å². The zero-order valence-electron chi connectivity index (χ0n) is 16.8. The molecular formula is C21H30N2O4. The smallest absolute Gasteiger partial charge is 0.246 e. The number of carbonyl (C=O) groups excluding carboxylic acids is 1. The van der Waals surface area contributed by atoms with Crippen molar-refractivity contribution in [2.45, 2.75) is 26.3 Å². The molecule has 0 radical (unpaired) electrons. The van der Waals surface area contributed by atoms with Gasteiger partial charge in [-0.3, -0.25) is 9.69 Å². The molecule has 6 nitrogen and oxygen atoms in total. The second-order valence-electron chi connectivity index (χ2n) is 7.26. The van der Waals surface area contributed by atoms with Crippen LogP contribution in [0.2, 0.25) is 0 Å². The van der Waals surface area contributed by atoms with Crippen molar-refractivity contribution in [1.82, 2.24) is 9.80 Å². The first-order valence-corrected chi connectivity index (χ1v) is 9.54. The lowest BCUT2D eigenvalue weighted by Crippen LogP contribution is -2.47. The lowest BCUT2D eigenvalue weighted by Gasteiger charge is -2.34. The third kappa shape index (κ3) is 4.56. The minimum Gasteiger partial charge on any atom is -0.493 e. The zero-order valence-corrected chi connectivity index (χ0v) is 16.8. The molecule has 1 aliphatic heterocycles. The molecule has 1 aromatic rings. The minimum absolute atomic E-state index is 0.155. The molecule has 1 aliphatic carbocycles. The van der Waals surface area contributed by atoms with Crippen LogP contribution >= 0.6 is 0 Å². The van der Waals surface area contributed by atoms with Gasteiger partial charge in [-0.1, -0.05) is 11.6 Å². The van der Waals surface area contributed by atoms with Gasteiger partial charge in [-0.2, -0.15) is 0 Å². The van der Waals surface area contributed by atoms with Crippen molar-refractivity contribution >= 4 is 5.91 Å². The number of ether oxygens (including phenoxy) is 3. The van der Waals surface area contributed by atoms with E-state index in [-0.39, 0.29) is 5.91 Å². The fourth-order valence-corrected chi connectivity index (χ4v) is 3.60. The molecule has 0 spiro atoms. The van der Waals surface area contributed by atoms with Gasteiger partial charge in [0.2, 0.25) is 11.7 Å². The monoisotopic (exact) mass is 374 g/mol. The molecule has 1 aromatic carbocycles. The van der Waals surface area contributed by atoms with Crippen LogP contribution in [-0.4, -0.2) is 63.2 Å². The standard InChI is InChI=1S/C21H30N2O4/c1-15(16-5-6-16)13-19(24)23-11-9-22(10-12-23)14-17-7-8-18(25-2)21(27-4)20(17)26-3/h7-8,13,16H,5-6,9-12,14H2,1-4H3/b15-13+. The molecule has 0 unspecified atom stereocenters. The predicted molar refractivity (Wildman–Crippen MR) is 104 cm³/mol. The Kier molecular flexibility index (Phi) is 6.26.